The van der Waals surface area contributed by atoms with Crippen LogP contribution in [0, 0.1) is 11.8 Å². The topological polar surface area (TPSA) is 55.1 Å². The van der Waals surface area contributed by atoms with E-state index in [2.05, 4.69) is 53.8 Å². The number of hydrogen-bond donors (Lipinski definition) is 2. The number of halogens is 1. The van der Waals surface area contributed by atoms with Gasteiger partial charge in [-0.3, -0.25) is 4.79 Å². The van der Waals surface area contributed by atoms with Crippen LogP contribution in [0.2, 0.25) is 0 Å². The predicted molar refractivity (Wildman–Crippen MR) is 115 cm³/mol. The van der Waals surface area contributed by atoms with Crippen LogP contribution in [0.3, 0.4) is 0 Å². The van der Waals surface area contributed by atoms with Crippen molar-refractivity contribution in [2.24, 2.45) is 17.6 Å². The Morgan fingerprint density at radius 1 is 0.929 bits per heavy atom. The van der Waals surface area contributed by atoms with Gasteiger partial charge in [-0.25, -0.2) is 0 Å². The number of amides is 1. The SMILES string of the molecule is Cl.N[C@@H]1CCC[C@H]1CC(=O)NCC1CC2c3ccccc3C1c1ccccc12. The number of carbonyl (C=O) groups is 1. The van der Waals surface area contributed by atoms with Crippen LogP contribution in [0.4, 0.5) is 0 Å². The molecule has 0 radical (unpaired) electrons. The Kier molecular flexibility index (Phi) is 5.48. The zero-order chi connectivity index (χ0) is 18.4. The highest BCUT2D eigenvalue weighted by Crippen LogP contribution is 2.55. The zero-order valence-electron chi connectivity index (χ0n) is 16.1. The molecular formula is C24H29ClN2O. The van der Waals surface area contributed by atoms with E-state index in [1.807, 2.05) is 0 Å². The molecule has 3 nitrogen and oxygen atoms in total. The minimum absolute atomic E-state index is 0. The molecule has 0 heterocycles. The summed E-state index contributed by atoms with van der Waals surface area (Å²) >= 11 is 0. The Bertz CT molecular complexity index is 820. The fourth-order valence-electron chi connectivity index (χ4n) is 5.83. The summed E-state index contributed by atoms with van der Waals surface area (Å²) in [5, 5.41) is 3.25. The van der Waals surface area contributed by atoms with Crippen molar-refractivity contribution >= 4 is 18.3 Å². The molecule has 0 spiro atoms. The van der Waals surface area contributed by atoms with Crippen molar-refractivity contribution in [1.82, 2.24) is 5.32 Å². The average Bonchev–Trinajstić information content (AvgIpc) is 3.11. The molecule has 4 aliphatic rings. The highest BCUT2D eigenvalue weighted by molar-refractivity contribution is 5.85. The van der Waals surface area contributed by atoms with Crippen molar-refractivity contribution in [3.8, 4) is 0 Å². The number of hydrogen-bond acceptors (Lipinski definition) is 2. The van der Waals surface area contributed by atoms with Crippen molar-refractivity contribution in [3.63, 3.8) is 0 Å². The molecule has 0 aromatic heterocycles. The van der Waals surface area contributed by atoms with E-state index in [0.29, 0.717) is 30.1 Å². The highest BCUT2D eigenvalue weighted by Gasteiger charge is 2.42. The van der Waals surface area contributed by atoms with Gasteiger partial charge in [0.05, 0.1) is 0 Å². The molecule has 4 aliphatic carbocycles. The van der Waals surface area contributed by atoms with Crippen molar-refractivity contribution in [2.45, 2.75) is 50.0 Å². The van der Waals surface area contributed by atoms with E-state index in [1.165, 1.54) is 28.7 Å². The highest BCUT2D eigenvalue weighted by atomic mass is 35.5. The maximum absolute atomic E-state index is 12.5. The van der Waals surface area contributed by atoms with E-state index in [4.69, 9.17) is 5.73 Å². The van der Waals surface area contributed by atoms with Crippen LogP contribution in [0.1, 0.15) is 66.2 Å². The molecule has 148 valence electrons. The van der Waals surface area contributed by atoms with Gasteiger partial charge in [0.2, 0.25) is 5.91 Å². The Labute approximate surface area is 173 Å². The van der Waals surface area contributed by atoms with Gasteiger partial charge < -0.3 is 11.1 Å². The zero-order valence-corrected chi connectivity index (χ0v) is 17.0. The summed E-state index contributed by atoms with van der Waals surface area (Å²) in [4.78, 5) is 12.5. The predicted octanol–water partition coefficient (Wildman–Crippen LogP) is 4.34. The lowest BCUT2D eigenvalue weighted by Gasteiger charge is -2.45. The van der Waals surface area contributed by atoms with Crippen molar-refractivity contribution in [1.29, 1.82) is 0 Å². The standard InChI is InChI=1S/C24H28N2O.ClH/c25-22-11-5-6-15(22)13-23(27)26-14-16-12-21-17-7-1-3-9-19(17)24(16)20-10-4-2-8-18(20)21;/h1-4,7-10,15-16,21-22,24H,5-6,11-14,25H2,(H,26,27);1H/t15-,16?,21?,22+,24?;/m0./s1. The van der Waals surface area contributed by atoms with E-state index in [0.717, 1.165) is 25.8 Å². The van der Waals surface area contributed by atoms with E-state index in [-0.39, 0.29) is 24.4 Å². The summed E-state index contributed by atoms with van der Waals surface area (Å²) in [6.07, 6.45) is 5.05. The van der Waals surface area contributed by atoms with Crippen molar-refractivity contribution in [2.75, 3.05) is 6.54 Å². The van der Waals surface area contributed by atoms with Crippen LogP contribution < -0.4 is 11.1 Å². The maximum Gasteiger partial charge on any atom is 0.220 e. The second kappa shape index (κ2) is 7.88. The molecule has 2 aromatic rings. The molecule has 2 aromatic carbocycles. The number of rotatable bonds is 4. The average molecular weight is 397 g/mol. The molecule has 28 heavy (non-hydrogen) atoms. The molecule has 0 saturated heterocycles. The largest absolute Gasteiger partial charge is 0.356 e. The smallest absolute Gasteiger partial charge is 0.220 e. The fraction of sp³-hybridized carbons (Fsp3) is 0.458. The van der Waals surface area contributed by atoms with Gasteiger partial charge in [0.25, 0.3) is 0 Å². The van der Waals surface area contributed by atoms with Gasteiger partial charge in [0.15, 0.2) is 0 Å². The van der Waals surface area contributed by atoms with Gasteiger partial charge in [-0.15, -0.1) is 12.4 Å². The third-order valence-corrected chi connectivity index (χ3v) is 7.15. The molecule has 4 heteroatoms. The van der Waals surface area contributed by atoms with E-state index >= 15 is 0 Å². The summed E-state index contributed by atoms with van der Waals surface area (Å²) in [5.74, 6) is 1.89. The molecule has 1 saturated carbocycles. The van der Waals surface area contributed by atoms with Crippen LogP contribution in [0.5, 0.6) is 0 Å². The first kappa shape index (κ1) is 19.5. The third-order valence-electron chi connectivity index (χ3n) is 7.15. The molecule has 3 N–H and O–H groups in total. The Balaban J connectivity index is 0.00000192. The Morgan fingerprint density at radius 2 is 1.54 bits per heavy atom. The van der Waals surface area contributed by atoms with Crippen LogP contribution in [-0.4, -0.2) is 18.5 Å². The van der Waals surface area contributed by atoms with Crippen molar-refractivity contribution in [3.05, 3.63) is 70.8 Å². The number of fused-ring (bicyclic) bond motifs is 1. The molecule has 2 bridgehead atoms. The normalized spacial score (nSPS) is 29.5. The Hall–Kier alpha value is -1.84. The van der Waals surface area contributed by atoms with E-state index < -0.39 is 0 Å². The van der Waals surface area contributed by atoms with Crippen LogP contribution in [0.25, 0.3) is 0 Å². The number of nitrogens with one attached hydrogen (secondary N) is 1. The first-order valence-electron chi connectivity index (χ1n) is 10.4. The molecule has 0 aliphatic heterocycles. The summed E-state index contributed by atoms with van der Waals surface area (Å²) < 4.78 is 0. The summed E-state index contributed by atoms with van der Waals surface area (Å²) in [6.45, 7) is 0.768. The lowest BCUT2D eigenvalue weighted by Crippen LogP contribution is -2.40. The quantitative estimate of drug-likeness (QED) is 0.807. The first-order valence-corrected chi connectivity index (χ1v) is 10.4. The van der Waals surface area contributed by atoms with Gasteiger partial charge >= 0.3 is 0 Å². The van der Waals surface area contributed by atoms with E-state index in [9.17, 15) is 4.79 Å². The lowest BCUT2D eigenvalue weighted by molar-refractivity contribution is -0.122. The molecule has 1 amide bonds. The molecular weight excluding hydrogens is 368 g/mol. The van der Waals surface area contributed by atoms with Crippen molar-refractivity contribution < 1.29 is 4.79 Å². The van der Waals surface area contributed by atoms with E-state index in [1.54, 1.807) is 0 Å². The minimum atomic E-state index is 0. The van der Waals surface area contributed by atoms with Crippen LogP contribution >= 0.6 is 12.4 Å². The molecule has 1 fully saturated rings. The summed E-state index contributed by atoms with van der Waals surface area (Å²) in [7, 11) is 0. The first-order chi connectivity index (χ1) is 13.2. The Morgan fingerprint density at radius 3 is 2.11 bits per heavy atom. The van der Waals surface area contributed by atoms with Crippen LogP contribution in [0.15, 0.2) is 48.5 Å². The lowest BCUT2D eigenvalue weighted by atomic mass is 9.59. The number of benzene rings is 2. The van der Waals surface area contributed by atoms with Gasteiger partial charge in [-0.2, -0.15) is 0 Å². The van der Waals surface area contributed by atoms with Crippen LogP contribution in [-0.2, 0) is 4.79 Å². The maximum atomic E-state index is 12.5. The third kappa shape index (κ3) is 3.25. The second-order valence-corrected chi connectivity index (χ2v) is 8.65. The van der Waals surface area contributed by atoms with Gasteiger partial charge in [-0.1, -0.05) is 55.0 Å². The second-order valence-electron chi connectivity index (χ2n) is 8.65. The monoisotopic (exact) mass is 396 g/mol. The van der Waals surface area contributed by atoms with Gasteiger partial charge in [-0.05, 0) is 53.4 Å². The van der Waals surface area contributed by atoms with Gasteiger partial charge in [0, 0.05) is 30.8 Å². The molecule has 1 unspecified atom stereocenters. The summed E-state index contributed by atoms with van der Waals surface area (Å²) in [6, 6.07) is 18.0. The summed E-state index contributed by atoms with van der Waals surface area (Å²) in [5.41, 5.74) is 12.0. The molecule has 6 rings (SSSR count). The fourth-order valence-corrected chi connectivity index (χ4v) is 5.83. The van der Waals surface area contributed by atoms with Gasteiger partial charge in [0.1, 0.15) is 0 Å². The number of nitrogens with two attached hydrogens (primary N) is 1. The minimum Gasteiger partial charge on any atom is -0.356 e. The number of carbonyl (C=O) groups excluding carboxylic acids is 1. The molecule has 3 atom stereocenters.